The normalized spacial score (nSPS) is 14.2. The SMILES string of the molecule is CCCCC(CC)COCC(O)CNCCn1ccnn1. The van der Waals surface area contributed by atoms with Crippen LogP contribution in [0.25, 0.3) is 0 Å². The third kappa shape index (κ3) is 8.80. The first-order chi connectivity index (χ1) is 10.3. The summed E-state index contributed by atoms with van der Waals surface area (Å²) in [6.45, 7) is 7.62. The van der Waals surface area contributed by atoms with Crippen LogP contribution in [0.5, 0.6) is 0 Å². The van der Waals surface area contributed by atoms with Crippen molar-refractivity contribution >= 4 is 0 Å². The summed E-state index contributed by atoms with van der Waals surface area (Å²) >= 11 is 0. The van der Waals surface area contributed by atoms with Gasteiger partial charge in [0.25, 0.3) is 0 Å². The van der Waals surface area contributed by atoms with E-state index in [0.29, 0.717) is 19.1 Å². The van der Waals surface area contributed by atoms with Crippen LogP contribution in [-0.2, 0) is 11.3 Å². The number of ether oxygens (including phenoxy) is 1. The van der Waals surface area contributed by atoms with Gasteiger partial charge in [-0.2, -0.15) is 0 Å². The smallest absolute Gasteiger partial charge is 0.0897 e. The van der Waals surface area contributed by atoms with E-state index >= 15 is 0 Å². The van der Waals surface area contributed by atoms with Crippen LogP contribution >= 0.6 is 0 Å². The molecule has 1 heterocycles. The number of aliphatic hydroxyl groups excluding tert-OH is 1. The summed E-state index contributed by atoms with van der Waals surface area (Å²) in [7, 11) is 0. The standard InChI is InChI=1S/C15H30N4O2/c1-3-5-6-14(4-2)12-21-13-15(20)11-16-7-9-19-10-8-17-18-19/h8,10,14-16,20H,3-7,9,11-13H2,1-2H3. The van der Waals surface area contributed by atoms with E-state index in [-0.39, 0.29) is 0 Å². The maximum absolute atomic E-state index is 9.85. The van der Waals surface area contributed by atoms with Gasteiger partial charge in [-0.1, -0.05) is 38.3 Å². The second-order valence-corrected chi connectivity index (χ2v) is 5.48. The molecule has 0 saturated heterocycles. The number of rotatable bonds is 13. The highest BCUT2D eigenvalue weighted by molar-refractivity contribution is 4.65. The minimum atomic E-state index is -0.454. The molecular formula is C15H30N4O2. The quantitative estimate of drug-likeness (QED) is 0.539. The molecule has 2 N–H and O–H groups in total. The van der Waals surface area contributed by atoms with Crippen molar-refractivity contribution in [3.05, 3.63) is 12.4 Å². The number of hydrogen-bond acceptors (Lipinski definition) is 5. The summed E-state index contributed by atoms with van der Waals surface area (Å²) in [6.07, 6.45) is 7.88. The zero-order valence-corrected chi connectivity index (χ0v) is 13.4. The van der Waals surface area contributed by atoms with E-state index in [1.54, 1.807) is 10.9 Å². The zero-order valence-electron chi connectivity index (χ0n) is 13.4. The number of aliphatic hydroxyl groups is 1. The van der Waals surface area contributed by atoms with Gasteiger partial charge in [-0.05, 0) is 12.3 Å². The molecule has 0 aromatic carbocycles. The number of nitrogens with one attached hydrogen (secondary N) is 1. The topological polar surface area (TPSA) is 72.2 Å². The van der Waals surface area contributed by atoms with Crippen molar-refractivity contribution in [1.82, 2.24) is 20.3 Å². The minimum Gasteiger partial charge on any atom is -0.389 e. The minimum absolute atomic E-state index is 0.402. The van der Waals surface area contributed by atoms with E-state index in [0.717, 1.165) is 26.1 Å². The molecule has 0 aliphatic rings. The Labute approximate surface area is 127 Å². The molecule has 0 fully saturated rings. The summed E-state index contributed by atoms with van der Waals surface area (Å²) in [5.41, 5.74) is 0. The second kappa shape index (κ2) is 11.7. The molecule has 6 heteroatoms. The molecule has 21 heavy (non-hydrogen) atoms. The molecule has 1 aromatic rings. The van der Waals surface area contributed by atoms with Gasteiger partial charge in [-0.3, -0.25) is 4.68 Å². The van der Waals surface area contributed by atoms with E-state index < -0.39 is 6.10 Å². The van der Waals surface area contributed by atoms with Crippen molar-refractivity contribution < 1.29 is 9.84 Å². The monoisotopic (exact) mass is 298 g/mol. The molecular weight excluding hydrogens is 268 g/mol. The van der Waals surface area contributed by atoms with Crippen LogP contribution in [0.4, 0.5) is 0 Å². The Morgan fingerprint density at radius 1 is 1.33 bits per heavy atom. The second-order valence-electron chi connectivity index (χ2n) is 5.48. The van der Waals surface area contributed by atoms with Gasteiger partial charge >= 0.3 is 0 Å². The van der Waals surface area contributed by atoms with Crippen molar-refractivity contribution in [1.29, 1.82) is 0 Å². The van der Waals surface area contributed by atoms with Crippen molar-refractivity contribution in [3.63, 3.8) is 0 Å². The van der Waals surface area contributed by atoms with Crippen LogP contribution < -0.4 is 5.32 Å². The van der Waals surface area contributed by atoms with Gasteiger partial charge in [-0.25, -0.2) is 0 Å². The summed E-state index contributed by atoms with van der Waals surface area (Å²) in [6, 6.07) is 0. The van der Waals surface area contributed by atoms with E-state index in [4.69, 9.17) is 4.74 Å². The number of nitrogens with zero attached hydrogens (tertiary/aromatic N) is 3. The molecule has 122 valence electrons. The first-order valence-corrected chi connectivity index (χ1v) is 8.06. The molecule has 0 bridgehead atoms. The van der Waals surface area contributed by atoms with E-state index in [9.17, 15) is 5.11 Å². The van der Waals surface area contributed by atoms with Crippen molar-refractivity contribution in [2.24, 2.45) is 5.92 Å². The van der Waals surface area contributed by atoms with Gasteiger partial charge in [0.1, 0.15) is 0 Å². The highest BCUT2D eigenvalue weighted by atomic mass is 16.5. The third-order valence-electron chi connectivity index (χ3n) is 3.58. The number of unbranched alkanes of at least 4 members (excludes halogenated alkanes) is 1. The van der Waals surface area contributed by atoms with E-state index in [1.165, 1.54) is 19.3 Å². The molecule has 0 amide bonds. The molecule has 0 spiro atoms. The van der Waals surface area contributed by atoms with E-state index in [2.05, 4.69) is 29.5 Å². The average Bonchev–Trinajstić information content (AvgIpc) is 3.00. The van der Waals surface area contributed by atoms with Crippen LogP contribution in [0.15, 0.2) is 12.4 Å². The van der Waals surface area contributed by atoms with Crippen molar-refractivity contribution in [3.8, 4) is 0 Å². The lowest BCUT2D eigenvalue weighted by atomic mass is 10.0. The maximum atomic E-state index is 9.85. The van der Waals surface area contributed by atoms with Crippen molar-refractivity contribution in [2.75, 3.05) is 26.3 Å². The predicted octanol–water partition coefficient (Wildman–Crippen LogP) is 1.46. The van der Waals surface area contributed by atoms with Gasteiger partial charge in [0, 0.05) is 25.9 Å². The van der Waals surface area contributed by atoms with Crippen LogP contribution in [0, 0.1) is 5.92 Å². The average molecular weight is 298 g/mol. The fourth-order valence-corrected chi connectivity index (χ4v) is 2.14. The Kier molecular flexibility index (Phi) is 10.0. The molecule has 1 aromatic heterocycles. The Balaban J connectivity index is 1.98. The third-order valence-corrected chi connectivity index (χ3v) is 3.58. The van der Waals surface area contributed by atoms with Crippen molar-refractivity contribution in [2.45, 2.75) is 52.2 Å². The summed E-state index contributed by atoms with van der Waals surface area (Å²) in [5, 5.41) is 20.7. The Morgan fingerprint density at radius 3 is 2.86 bits per heavy atom. The molecule has 6 nitrogen and oxygen atoms in total. The molecule has 0 saturated carbocycles. The van der Waals surface area contributed by atoms with Crippen LogP contribution in [0.1, 0.15) is 39.5 Å². The first-order valence-electron chi connectivity index (χ1n) is 8.06. The number of hydrogen-bond donors (Lipinski definition) is 2. The summed E-state index contributed by atoms with van der Waals surface area (Å²) < 4.78 is 7.39. The first kappa shape index (κ1) is 18.1. The largest absolute Gasteiger partial charge is 0.389 e. The predicted molar refractivity (Wildman–Crippen MR) is 83.0 cm³/mol. The highest BCUT2D eigenvalue weighted by Gasteiger charge is 2.08. The van der Waals surface area contributed by atoms with Crippen LogP contribution in [0.2, 0.25) is 0 Å². The fraction of sp³-hybridized carbons (Fsp3) is 0.867. The summed E-state index contributed by atoms with van der Waals surface area (Å²) in [5.74, 6) is 0.623. The number of aromatic nitrogens is 3. The maximum Gasteiger partial charge on any atom is 0.0897 e. The Hall–Kier alpha value is -0.980. The molecule has 0 aliphatic carbocycles. The van der Waals surface area contributed by atoms with Crippen LogP contribution in [-0.4, -0.2) is 52.5 Å². The Bertz CT molecular complexity index is 332. The van der Waals surface area contributed by atoms with Gasteiger partial charge in [0.05, 0.1) is 25.5 Å². The lowest BCUT2D eigenvalue weighted by Crippen LogP contribution is -2.33. The van der Waals surface area contributed by atoms with Gasteiger partial charge in [0.2, 0.25) is 0 Å². The molecule has 2 unspecified atom stereocenters. The lowest BCUT2D eigenvalue weighted by Gasteiger charge is -2.17. The fourth-order valence-electron chi connectivity index (χ4n) is 2.14. The summed E-state index contributed by atoms with van der Waals surface area (Å²) in [4.78, 5) is 0. The highest BCUT2D eigenvalue weighted by Crippen LogP contribution is 2.12. The van der Waals surface area contributed by atoms with Gasteiger partial charge in [-0.15, -0.1) is 5.10 Å². The van der Waals surface area contributed by atoms with Gasteiger partial charge in [0.15, 0.2) is 0 Å². The van der Waals surface area contributed by atoms with Gasteiger partial charge < -0.3 is 15.2 Å². The zero-order chi connectivity index (χ0) is 15.3. The Morgan fingerprint density at radius 2 is 2.19 bits per heavy atom. The molecule has 0 radical (unpaired) electrons. The lowest BCUT2D eigenvalue weighted by molar-refractivity contribution is 0.0193. The van der Waals surface area contributed by atoms with E-state index in [1.807, 2.05) is 6.20 Å². The molecule has 0 aliphatic heterocycles. The molecule has 1 rings (SSSR count). The molecule has 2 atom stereocenters. The van der Waals surface area contributed by atoms with Crippen LogP contribution in [0.3, 0.4) is 0 Å².